The van der Waals surface area contributed by atoms with E-state index in [1.807, 2.05) is 29.3 Å². The normalized spacial score (nSPS) is 21.5. The van der Waals surface area contributed by atoms with Gasteiger partial charge in [-0.25, -0.2) is 0 Å². The lowest BCUT2D eigenvalue weighted by atomic mass is 9.95. The monoisotopic (exact) mass is 349 g/mol. The molecule has 1 N–H and O–H groups in total. The highest BCUT2D eigenvalue weighted by molar-refractivity contribution is 7.12. The van der Waals surface area contributed by atoms with Gasteiger partial charge in [-0.2, -0.15) is 0 Å². The highest BCUT2D eigenvalue weighted by Crippen LogP contribution is 2.18. The van der Waals surface area contributed by atoms with Gasteiger partial charge in [0.1, 0.15) is 0 Å². The quantitative estimate of drug-likeness (QED) is 0.908. The van der Waals surface area contributed by atoms with Crippen LogP contribution in [-0.2, 0) is 4.79 Å². The first kappa shape index (κ1) is 17.4. The molecule has 1 aromatic heterocycles. The molecule has 0 bridgehead atoms. The predicted molar refractivity (Wildman–Crippen MR) is 96.3 cm³/mol. The SMILES string of the molecule is C[C@@H](C(=O)NC1CCCCC1)N1CCN(C(=O)c2cccs2)CC1. The molecule has 2 heterocycles. The second kappa shape index (κ2) is 8.12. The molecular formula is C18H27N3O2S. The molecule has 24 heavy (non-hydrogen) atoms. The van der Waals surface area contributed by atoms with Crippen LogP contribution in [0, 0.1) is 0 Å². The number of thiophene rings is 1. The van der Waals surface area contributed by atoms with E-state index in [4.69, 9.17) is 0 Å². The van der Waals surface area contributed by atoms with Crippen molar-refractivity contribution < 1.29 is 9.59 Å². The smallest absolute Gasteiger partial charge is 0.264 e. The molecule has 1 aliphatic heterocycles. The molecular weight excluding hydrogens is 322 g/mol. The lowest BCUT2D eigenvalue weighted by molar-refractivity contribution is -0.127. The van der Waals surface area contributed by atoms with Gasteiger partial charge in [-0.1, -0.05) is 25.3 Å². The fourth-order valence-corrected chi connectivity index (χ4v) is 4.29. The summed E-state index contributed by atoms with van der Waals surface area (Å²) in [6.45, 7) is 4.89. The number of hydrogen-bond donors (Lipinski definition) is 1. The Morgan fingerprint density at radius 3 is 2.50 bits per heavy atom. The first-order valence-corrected chi connectivity index (χ1v) is 9.90. The minimum absolute atomic E-state index is 0.115. The van der Waals surface area contributed by atoms with Crippen molar-refractivity contribution >= 4 is 23.2 Å². The summed E-state index contributed by atoms with van der Waals surface area (Å²) in [6, 6.07) is 4.02. The fourth-order valence-electron chi connectivity index (χ4n) is 3.60. The number of hydrogen-bond acceptors (Lipinski definition) is 4. The fraction of sp³-hybridized carbons (Fsp3) is 0.667. The number of rotatable bonds is 4. The van der Waals surface area contributed by atoms with E-state index in [0.717, 1.165) is 30.8 Å². The lowest BCUT2D eigenvalue weighted by Crippen LogP contribution is -2.56. The number of amides is 2. The van der Waals surface area contributed by atoms with Gasteiger partial charge >= 0.3 is 0 Å². The Kier molecular flexibility index (Phi) is 5.89. The predicted octanol–water partition coefficient (Wildman–Crippen LogP) is 2.34. The Labute approximate surface area is 148 Å². The van der Waals surface area contributed by atoms with Crippen molar-refractivity contribution in [2.45, 2.75) is 51.1 Å². The highest BCUT2D eigenvalue weighted by atomic mass is 32.1. The number of piperazine rings is 1. The molecule has 132 valence electrons. The van der Waals surface area contributed by atoms with E-state index in [-0.39, 0.29) is 17.9 Å². The van der Waals surface area contributed by atoms with Crippen molar-refractivity contribution in [2.75, 3.05) is 26.2 Å². The van der Waals surface area contributed by atoms with Gasteiger partial charge in [0.05, 0.1) is 10.9 Å². The lowest BCUT2D eigenvalue weighted by Gasteiger charge is -2.37. The summed E-state index contributed by atoms with van der Waals surface area (Å²) in [6.07, 6.45) is 5.97. The minimum atomic E-state index is -0.120. The van der Waals surface area contributed by atoms with E-state index >= 15 is 0 Å². The van der Waals surface area contributed by atoms with Crippen LogP contribution >= 0.6 is 11.3 Å². The van der Waals surface area contributed by atoms with Gasteiger partial charge < -0.3 is 10.2 Å². The third-order valence-electron chi connectivity index (χ3n) is 5.21. The summed E-state index contributed by atoms with van der Waals surface area (Å²) in [4.78, 5) is 29.7. The third-order valence-corrected chi connectivity index (χ3v) is 6.07. The third kappa shape index (κ3) is 4.16. The van der Waals surface area contributed by atoms with Crippen molar-refractivity contribution in [3.05, 3.63) is 22.4 Å². The van der Waals surface area contributed by atoms with E-state index in [2.05, 4.69) is 10.2 Å². The van der Waals surface area contributed by atoms with Gasteiger partial charge in [0, 0.05) is 32.2 Å². The topological polar surface area (TPSA) is 52.7 Å². The number of carbonyl (C=O) groups is 2. The molecule has 1 saturated heterocycles. The van der Waals surface area contributed by atoms with Crippen LogP contribution in [0.3, 0.4) is 0 Å². The largest absolute Gasteiger partial charge is 0.352 e. The maximum Gasteiger partial charge on any atom is 0.264 e. The number of nitrogens with one attached hydrogen (secondary N) is 1. The zero-order valence-corrected chi connectivity index (χ0v) is 15.2. The molecule has 0 unspecified atom stereocenters. The first-order valence-electron chi connectivity index (χ1n) is 9.02. The molecule has 1 aliphatic carbocycles. The van der Waals surface area contributed by atoms with Crippen LogP contribution in [-0.4, -0.2) is 59.9 Å². The minimum Gasteiger partial charge on any atom is -0.352 e. The van der Waals surface area contributed by atoms with Crippen LogP contribution in [0.4, 0.5) is 0 Å². The maximum atomic E-state index is 12.5. The maximum absolute atomic E-state index is 12.5. The summed E-state index contributed by atoms with van der Waals surface area (Å²) in [5.41, 5.74) is 0. The van der Waals surface area contributed by atoms with Crippen LogP contribution in [0.15, 0.2) is 17.5 Å². The molecule has 1 atom stereocenters. The Hall–Kier alpha value is -1.40. The summed E-state index contributed by atoms with van der Waals surface area (Å²) < 4.78 is 0. The molecule has 2 fully saturated rings. The number of nitrogens with zero attached hydrogens (tertiary/aromatic N) is 2. The van der Waals surface area contributed by atoms with Gasteiger partial charge in [-0.05, 0) is 31.2 Å². The average Bonchev–Trinajstić information content (AvgIpc) is 3.16. The molecule has 0 aromatic carbocycles. The van der Waals surface area contributed by atoms with E-state index < -0.39 is 0 Å². The van der Waals surface area contributed by atoms with E-state index in [1.165, 1.54) is 30.6 Å². The van der Waals surface area contributed by atoms with Crippen LogP contribution in [0.2, 0.25) is 0 Å². The molecule has 1 aromatic rings. The molecule has 0 spiro atoms. The highest BCUT2D eigenvalue weighted by Gasteiger charge is 2.29. The second-order valence-electron chi connectivity index (χ2n) is 6.82. The molecule has 2 aliphatic rings. The van der Waals surface area contributed by atoms with Crippen molar-refractivity contribution in [1.82, 2.24) is 15.1 Å². The standard InChI is InChI=1S/C18H27N3O2S/c1-14(17(22)19-15-6-3-2-4-7-15)20-9-11-21(12-10-20)18(23)16-8-5-13-24-16/h5,8,13-15H,2-4,6-7,9-12H2,1H3,(H,19,22)/t14-/m0/s1. The van der Waals surface area contributed by atoms with Crippen LogP contribution < -0.4 is 5.32 Å². The molecule has 3 rings (SSSR count). The van der Waals surface area contributed by atoms with Crippen molar-refractivity contribution in [3.8, 4) is 0 Å². The van der Waals surface area contributed by atoms with Crippen molar-refractivity contribution in [2.24, 2.45) is 0 Å². The van der Waals surface area contributed by atoms with Crippen LogP contribution in [0.25, 0.3) is 0 Å². The summed E-state index contributed by atoms with van der Waals surface area (Å²) in [5.74, 6) is 0.254. The summed E-state index contributed by atoms with van der Waals surface area (Å²) in [5, 5.41) is 5.14. The molecule has 5 nitrogen and oxygen atoms in total. The number of carbonyl (C=O) groups excluding carboxylic acids is 2. The first-order chi connectivity index (χ1) is 11.6. The second-order valence-corrected chi connectivity index (χ2v) is 7.77. The Bertz CT molecular complexity index is 547. The molecule has 2 amide bonds. The Morgan fingerprint density at radius 1 is 1.17 bits per heavy atom. The van der Waals surface area contributed by atoms with Gasteiger partial charge in [0.25, 0.3) is 5.91 Å². The molecule has 0 radical (unpaired) electrons. The van der Waals surface area contributed by atoms with Gasteiger partial charge in [-0.15, -0.1) is 11.3 Å². The Balaban J connectivity index is 1.46. The van der Waals surface area contributed by atoms with Gasteiger partial charge in [0.2, 0.25) is 5.91 Å². The van der Waals surface area contributed by atoms with Crippen molar-refractivity contribution in [1.29, 1.82) is 0 Å². The van der Waals surface area contributed by atoms with Gasteiger partial charge in [0.15, 0.2) is 0 Å². The summed E-state index contributed by atoms with van der Waals surface area (Å²) in [7, 11) is 0. The Morgan fingerprint density at radius 2 is 1.88 bits per heavy atom. The zero-order chi connectivity index (χ0) is 16.9. The van der Waals surface area contributed by atoms with Crippen molar-refractivity contribution in [3.63, 3.8) is 0 Å². The average molecular weight is 350 g/mol. The molecule has 1 saturated carbocycles. The van der Waals surface area contributed by atoms with E-state index in [1.54, 1.807) is 0 Å². The summed E-state index contributed by atoms with van der Waals surface area (Å²) >= 11 is 1.49. The molecule has 6 heteroatoms. The van der Waals surface area contributed by atoms with E-state index in [0.29, 0.717) is 19.1 Å². The van der Waals surface area contributed by atoms with E-state index in [9.17, 15) is 9.59 Å². The zero-order valence-electron chi connectivity index (χ0n) is 14.4. The van der Waals surface area contributed by atoms with Crippen LogP contribution in [0.1, 0.15) is 48.7 Å². The van der Waals surface area contributed by atoms with Crippen LogP contribution in [0.5, 0.6) is 0 Å². The van der Waals surface area contributed by atoms with Gasteiger partial charge in [-0.3, -0.25) is 14.5 Å².